The highest BCUT2D eigenvalue weighted by atomic mass is 16.5. The Morgan fingerprint density at radius 3 is 2.09 bits per heavy atom. The van der Waals surface area contributed by atoms with E-state index in [9.17, 15) is 4.79 Å². The first-order valence-corrected chi connectivity index (χ1v) is 6.73. The van der Waals surface area contributed by atoms with Crippen LogP contribution in [0, 0.1) is 0 Å². The molecule has 118 valence electrons. The lowest BCUT2D eigenvalue weighted by atomic mass is 10.3. The fourth-order valence-corrected chi connectivity index (χ4v) is 1.55. The number of carboxylic acids is 1. The molecule has 0 aliphatic heterocycles. The van der Waals surface area contributed by atoms with Crippen molar-refractivity contribution in [3.8, 4) is 23.0 Å². The van der Waals surface area contributed by atoms with Crippen molar-refractivity contribution in [2.24, 2.45) is 0 Å². The van der Waals surface area contributed by atoms with Gasteiger partial charge < -0.3 is 19.3 Å². The summed E-state index contributed by atoms with van der Waals surface area (Å²) in [6.45, 7) is 4.00. The number of aromatic carboxylic acids is 1. The van der Waals surface area contributed by atoms with Crippen molar-refractivity contribution >= 4 is 5.97 Å². The number of aromatic nitrogens is 1. The Labute approximate surface area is 129 Å². The first-order chi connectivity index (χ1) is 10.6. The first-order valence-electron chi connectivity index (χ1n) is 6.73. The molecule has 1 N–H and O–H groups in total. The molecule has 0 fully saturated rings. The number of methoxy groups -OCH3 is 2. The molecule has 0 radical (unpaired) electrons. The van der Waals surface area contributed by atoms with Crippen LogP contribution in [-0.4, -0.2) is 30.3 Å². The minimum Gasteiger partial charge on any atom is -0.497 e. The van der Waals surface area contributed by atoms with Gasteiger partial charge in [-0.2, -0.15) is 0 Å². The first kappa shape index (κ1) is 17.3. The number of carbonyl (C=O) groups is 1. The van der Waals surface area contributed by atoms with Crippen LogP contribution in [0.5, 0.6) is 23.0 Å². The fourth-order valence-electron chi connectivity index (χ4n) is 1.55. The summed E-state index contributed by atoms with van der Waals surface area (Å²) in [5.74, 6) is 0.785. The maximum atomic E-state index is 10.8. The van der Waals surface area contributed by atoms with Crippen LogP contribution in [0.1, 0.15) is 24.3 Å². The van der Waals surface area contributed by atoms with Gasteiger partial charge in [0.25, 0.3) is 0 Å². The van der Waals surface area contributed by atoms with Crippen LogP contribution in [0.15, 0.2) is 36.5 Å². The molecule has 0 saturated heterocycles. The van der Waals surface area contributed by atoms with Gasteiger partial charge >= 0.3 is 5.97 Å². The molecule has 0 atom stereocenters. The van der Waals surface area contributed by atoms with E-state index in [1.54, 1.807) is 31.4 Å². The maximum Gasteiger partial charge on any atom is 0.354 e. The van der Waals surface area contributed by atoms with Crippen LogP contribution >= 0.6 is 0 Å². The number of pyridine rings is 1. The molecule has 2 aromatic rings. The normalized spacial score (nSPS) is 9.27. The van der Waals surface area contributed by atoms with Crippen LogP contribution < -0.4 is 14.2 Å². The van der Waals surface area contributed by atoms with Gasteiger partial charge in [0.2, 0.25) is 0 Å². The van der Waals surface area contributed by atoms with Gasteiger partial charge in [-0.25, -0.2) is 9.78 Å². The summed E-state index contributed by atoms with van der Waals surface area (Å²) >= 11 is 0. The third-order valence-electron chi connectivity index (χ3n) is 2.56. The van der Waals surface area contributed by atoms with Crippen molar-refractivity contribution in [1.29, 1.82) is 0 Å². The molecular weight excluding hydrogens is 286 g/mol. The Balaban J connectivity index is 0.00000116. The van der Waals surface area contributed by atoms with E-state index in [4.69, 9.17) is 19.3 Å². The van der Waals surface area contributed by atoms with Gasteiger partial charge in [0.05, 0.1) is 20.4 Å². The summed E-state index contributed by atoms with van der Waals surface area (Å²) in [4.78, 5) is 14.6. The van der Waals surface area contributed by atoms with Gasteiger partial charge in [0, 0.05) is 6.07 Å². The average Bonchev–Trinajstić information content (AvgIpc) is 2.57. The van der Waals surface area contributed by atoms with Gasteiger partial charge in [-0.15, -0.1) is 0 Å². The molecule has 6 heteroatoms. The molecule has 0 aliphatic carbocycles. The van der Waals surface area contributed by atoms with Crippen molar-refractivity contribution in [2.75, 3.05) is 14.2 Å². The van der Waals surface area contributed by atoms with E-state index >= 15 is 0 Å². The molecule has 1 heterocycles. The lowest BCUT2D eigenvalue weighted by Gasteiger charge is -2.10. The molecule has 1 aromatic heterocycles. The topological polar surface area (TPSA) is 77.9 Å². The zero-order valence-electron chi connectivity index (χ0n) is 13.0. The van der Waals surface area contributed by atoms with Gasteiger partial charge in [-0.1, -0.05) is 13.8 Å². The van der Waals surface area contributed by atoms with E-state index < -0.39 is 5.97 Å². The van der Waals surface area contributed by atoms with E-state index in [-0.39, 0.29) is 5.69 Å². The molecule has 0 bridgehead atoms. The minimum atomic E-state index is -1.13. The van der Waals surface area contributed by atoms with Crippen molar-refractivity contribution in [3.63, 3.8) is 0 Å². The summed E-state index contributed by atoms with van der Waals surface area (Å²) in [5, 5.41) is 8.87. The second kappa shape index (κ2) is 8.51. The van der Waals surface area contributed by atoms with Crippen molar-refractivity contribution in [2.45, 2.75) is 13.8 Å². The van der Waals surface area contributed by atoms with E-state index in [0.717, 1.165) is 0 Å². The molecule has 0 unspecified atom stereocenters. The number of nitrogens with zero attached hydrogens (tertiary/aromatic N) is 1. The third kappa shape index (κ3) is 4.37. The zero-order chi connectivity index (χ0) is 16.5. The van der Waals surface area contributed by atoms with Gasteiger partial charge in [-0.3, -0.25) is 0 Å². The SMILES string of the molecule is CC.COc1ccc(Oc2cnc(C(=O)O)cc2OC)cc1. The molecule has 0 aliphatic rings. The minimum absolute atomic E-state index is 0.107. The van der Waals surface area contributed by atoms with Crippen LogP contribution in [-0.2, 0) is 0 Å². The smallest absolute Gasteiger partial charge is 0.354 e. The predicted molar refractivity (Wildman–Crippen MR) is 82.2 cm³/mol. The van der Waals surface area contributed by atoms with Crippen molar-refractivity contribution < 1.29 is 24.1 Å². The molecule has 0 spiro atoms. The summed E-state index contributed by atoms with van der Waals surface area (Å²) in [7, 11) is 3.01. The molecule has 6 nitrogen and oxygen atoms in total. The standard InChI is InChI=1S/C14H13NO5.C2H6/c1-18-9-3-5-10(6-4-9)20-13-8-15-11(14(16)17)7-12(13)19-2;1-2/h3-8H,1-2H3,(H,16,17);1-2H3. The van der Waals surface area contributed by atoms with Crippen LogP contribution in [0.2, 0.25) is 0 Å². The predicted octanol–water partition coefficient (Wildman–Crippen LogP) is 3.62. The van der Waals surface area contributed by atoms with Gasteiger partial charge in [0.15, 0.2) is 17.2 Å². The monoisotopic (exact) mass is 305 g/mol. The highest BCUT2D eigenvalue weighted by Crippen LogP contribution is 2.31. The van der Waals surface area contributed by atoms with Crippen LogP contribution in [0.4, 0.5) is 0 Å². The Morgan fingerprint density at radius 2 is 1.59 bits per heavy atom. The van der Waals surface area contributed by atoms with Crippen LogP contribution in [0.3, 0.4) is 0 Å². The average molecular weight is 305 g/mol. The lowest BCUT2D eigenvalue weighted by molar-refractivity contribution is 0.0690. The molecule has 0 amide bonds. The van der Waals surface area contributed by atoms with Gasteiger partial charge in [-0.05, 0) is 24.3 Å². The van der Waals surface area contributed by atoms with E-state index in [0.29, 0.717) is 23.0 Å². The lowest BCUT2D eigenvalue weighted by Crippen LogP contribution is -2.01. The molecular formula is C16H19NO5. The molecule has 22 heavy (non-hydrogen) atoms. The van der Waals surface area contributed by atoms with Crippen LogP contribution in [0.25, 0.3) is 0 Å². The van der Waals surface area contributed by atoms with E-state index in [2.05, 4.69) is 4.98 Å². The third-order valence-corrected chi connectivity index (χ3v) is 2.56. The number of carboxylic acid groups (broad SMARTS) is 1. The summed E-state index contributed by atoms with van der Waals surface area (Å²) in [6, 6.07) is 8.26. The number of hydrogen-bond acceptors (Lipinski definition) is 5. The Kier molecular flexibility index (Phi) is 6.69. The summed E-state index contributed by atoms with van der Waals surface area (Å²) in [6.07, 6.45) is 1.31. The largest absolute Gasteiger partial charge is 0.497 e. The Morgan fingerprint density at radius 1 is 1.00 bits per heavy atom. The van der Waals surface area contributed by atoms with Crippen molar-refractivity contribution in [3.05, 3.63) is 42.2 Å². The molecule has 2 rings (SSSR count). The number of benzene rings is 1. The number of ether oxygens (including phenoxy) is 3. The van der Waals surface area contributed by atoms with Crippen molar-refractivity contribution in [1.82, 2.24) is 4.98 Å². The molecule has 0 saturated carbocycles. The van der Waals surface area contributed by atoms with E-state index in [1.165, 1.54) is 19.4 Å². The maximum absolute atomic E-state index is 10.8. The number of hydrogen-bond donors (Lipinski definition) is 1. The van der Waals surface area contributed by atoms with Gasteiger partial charge in [0.1, 0.15) is 11.5 Å². The summed E-state index contributed by atoms with van der Waals surface area (Å²) < 4.78 is 15.7. The quantitative estimate of drug-likeness (QED) is 0.909. The van der Waals surface area contributed by atoms with E-state index in [1.807, 2.05) is 13.8 Å². The second-order valence-electron chi connectivity index (χ2n) is 3.80. The Bertz CT molecular complexity index is 610. The summed E-state index contributed by atoms with van der Waals surface area (Å²) in [5.41, 5.74) is -0.107. The highest BCUT2D eigenvalue weighted by molar-refractivity contribution is 5.86. The highest BCUT2D eigenvalue weighted by Gasteiger charge is 2.12. The zero-order valence-corrected chi connectivity index (χ0v) is 13.0. The number of rotatable bonds is 5. The molecule has 1 aromatic carbocycles. The fraction of sp³-hybridized carbons (Fsp3) is 0.250. The Hall–Kier alpha value is -2.76. The second-order valence-corrected chi connectivity index (χ2v) is 3.80.